The lowest BCUT2D eigenvalue weighted by Crippen LogP contribution is -2.40. The van der Waals surface area contributed by atoms with E-state index in [1.165, 1.54) is 0 Å². The maximum atomic E-state index is 11.6. The third kappa shape index (κ3) is 4.34. The minimum atomic E-state index is -0.807. The molecule has 3 atom stereocenters. The molecule has 0 aliphatic heterocycles. The zero-order chi connectivity index (χ0) is 12.8. The van der Waals surface area contributed by atoms with Crippen molar-refractivity contribution in [1.82, 2.24) is 5.32 Å². The first-order valence-electron chi connectivity index (χ1n) is 6.09. The van der Waals surface area contributed by atoms with Crippen molar-refractivity contribution in [3.05, 3.63) is 0 Å². The van der Waals surface area contributed by atoms with Gasteiger partial charge < -0.3 is 15.2 Å². The molecule has 1 aliphatic carbocycles. The molecule has 5 heteroatoms. The second-order valence-corrected chi connectivity index (χ2v) is 4.63. The zero-order valence-electron chi connectivity index (χ0n) is 10.4. The van der Waals surface area contributed by atoms with Crippen LogP contribution in [0.1, 0.15) is 39.0 Å². The predicted octanol–water partition coefficient (Wildman–Crippen LogP) is 1.17. The summed E-state index contributed by atoms with van der Waals surface area (Å²) in [6, 6.07) is -0.196. The molecule has 5 nitrogen and oxygen atoms in total. The van der Waals surface area contributed by atoms with Crippen molar-refractivity contribution in [2.75, 3.05) is 7.11 Å². The number of hydrogen-bond donors (Lipinski definition) is 2. The number of carbonyl (C=O) groups is 2. The van der Waals surface area contributed by atoms with Crippen molar-refractivity contribution in [2.45, 2.75) is 51.2 Å². The minimum Gasteiger partial charge on any atom is -0.481 e. The number of carbonyl (C=O) groups excluding carboxylic acids is 1. The summed E-state index contributed by atoms with van der Waals surface area (Å²) in [7, 11) is 1.61. The normalized spacial score (nSPS) is 25.5. The summed E-state index contributed by atoms with van der Waals surface area (Å²) >= 11 is 0. The van der Waals surface area contributed by atoms with Gasteiger partial charge in [0.25, 0.3) is 0 Å². The Morgan fingerprint density at radius 3 is 2.76 bits per heavy atom. The summed E-state index contributed by atoms with van der Waals surface area (Å²) < 4.78 is 5.06. The molecule has 0 radical (unpaired) electrons. The van der Waals surface area contributed by atoms with Crippen LogP contribution in [0.5, 0.6) is 0 Å². The summed E-state index contributed by atoms with van der Waals surface area (Å²) in [5.74, 6) is -1.30. The van der Waals surface area contributed by atoms with Gasteiger partial charge in [-0.15, -0.1) is 0 Å². The summed E-state index contributed by atoms with van der Waals surface area (Å²) in [4.78, 5) is 22.6. The minimum absolute atomic E-state index is 0.0552. The van der Waals surface area contributed by atoms with E-state index in [9.17, 15) is 9.59 Å². The van der Waals surface area contributed by atoms with Gasteiger partial charge in [-0.05, 0) is 26.2 Å². The highest BCUT2D eigenvalue weighted by molar-refractivity contribution is 5.78. The number of ether oxygens (including phenoxy) is 1. The molecule has 2 N–H and O–H groups in total. The van der Waals surface area contributed by atoms with Crippen LogP contribution in [0.2, 0.25) is 0 Å². The number of hydrogen-bond acceptors (Lipinski definition) is 3. The standard InChI is InChI=1S/C12H21NO4/c1-8(17-2)6-7-11(14)13-10-5-3-4-9(10)12(15)16/h8-10H,3-7H2,1-2H3,(H,13,14)(H,15,16)/t8?,9-,10+/m0/s1. The van der Waals surface area contributed by atoms with E-state index in [1.54, 1.807) is 7.11 Å². The van der Waals surface area contributed by atoms with E-state index in [2.05, 4.69) is 5.32 Å². The highest BCUT2D eigenvalue weighted by Crippen LogP contribution is 2.25. The zero-order valence-corrected chi connectivity index (χ0v) is 10.4. The first-order valence-corrected chi connectivity index (χ1v) is 6.09. The molecule has 0 saturated heterocycles. The second-order valence-electron chi connectivity index (χ2n) is 4.63. The molecular weight excluding hydrogens is 222 g/mol. The Bertz CT molecular complexity index is 280. The van der Waals surface area contributed by atoms with Gasteiger partial charge in [-0.3, -0.25) is 9.59 Å². The first kappa shape index (κ1) is 14.0. The quantitative estimate of drug-likeness (QED) is 0.734. The van der Waals surface area contributed by atoms with Gasteiger partial charge >= 0.3 is 5.97 Å². The number of aliphatic carboxylic acids is 1. The molecule has 1 amide bonds. The van der Waals surface area contributed by atoms with Crippen LogP contribution >= 0.6 is 0 Å². The molecule has 1 unspecified atom stereocenters. The van der Waals surface area contributed by atoms with Gasteiger partial charge in [0.2, 0.25) is 5.91 Å². The SMILES string of the molecule is COC(C)CCC(=O)N[C@@H]1CCC[C@@H]1C(=O)O. The van der Waals surface area contributed by atoms with Gasteiger partial charge in [-0.25, -0.2) is 0 Å². The molecule has 1 aliphatic rings. The van der Waals surface area contributed by atoms with E-state index < -0.39 is 11.9 Å². The predicted molar refractivity (Wildman–Crippen MR) is 62.6 cm³/mol. The monoisotopic (exact) mass is 243 g/mol. The van der Waals surface area contributed by atoms with Crippen LogP contribution in [0, 0.1) is 5.92 Å². The van der Waals surface area contributed by atoms with Gasteiger partial charge in [-0.1, -0.05) is 6.42 Å². The molecule has 0 spiro atoms. The lowest BCUT2D eigenvalue weighted by atomic mass is 10.0. The van der Waals surface area contributed by atoms with Crippen LogP contribution in [0.3, 0.4) is 0 Å². The Morgan fingerprint density at radius 2 is 2.18 bits per heavy atom. The number of methoxy groups -OCH3 is 1. The number of rotatable bonds is 6. The largest absolute Gasteiger partial charge is 0.481 e. The Balaban J connectivity index is 2.33. The van der Waals surface area contributed by atoms with E-state index >= 15 is 0 Å². The smallest absolute Gasteiger partial charge is 0.308 e. The van der Waals surface area contributed by atoms with Crippen LogP contribution in [-0.2, 0) is 14.3 Å². The number of amides is 1. The van der Waals surface area contributed by atoms with Crippen molar-refractivity contribution in [3.63, 3.8) is 0 Å². The van der Waals surface area contributed by atoms with Crippen molar-refractivity contribution in [3.8, 4) is 0 Å². The molecule has 1 fully saturated rings. The molecule has 1 saturated carbocycles. The van der Waals surface area contributed by atoms with E-state index in [4.69, 9.17) is 9.84 Å². The summed E-state index contributed by atoms with van der Waals surface area (Å²) in [6.07, 6.45) is 3.40. The van der Waals surface area contributed by atoms with Crippen molar-refractivity contribution >= 4 is 11.9 Å². The topological polar surface area (TPSA) is 75.6 Å². The lowest BCUT2D eigenvalue weighted by molar-refractivity contribution is -0.142. The van der Waals surface area contributed by atoms with Crippen LogP contribution in [0.15, 0.2) is 0 Å². The molecular formula is C12H21NO4. The average Bonchev–Trinajstić information content (AvgIpc) is 2.74. The third-order valence-corrected chi connectivity index (χ3v) is 3.36. The molecule has 0 aromatic carbocycles. The molecule has 17 heavy (non-hydrogen) atoms. The maximum Gasteiger partial charge on any atom is 0.308 e. The average molecular weight is 243 g/mol. The fourth-order valence-corrected chi connectivity index (χ4v) is 2.16. The second kappa shape index (κ2) is 6.59. The fourth-order valence-electron chi connectivity index (χ4n) is 2.16. The van der Waals surface area contributed by atoms with Gasteiger partial charge in [-0.2, -0.15) is 0 Å². The summed E-state index contributed by atoms with van der Waals surface area (Å²) in [6.45, 7) is 1.91. The van der Waals surface area contributed by atoms with Crippen molar-refractivity contribution < 1.29 is 19.4 Å². The first-order chi connectivity index (χ1) is 8.04. The van der Waals surface area contributed by atoms with E-state index in [1.807, 2.05) is 6.92 Å². The molecule has 98 valence electrons. The Morgan fingerprint density at radius 1 is 1.47 bits per heavy atom. The van der Waals surface area contributed by atoms with Gasteiger partial charge in [0.15, 0.2) is 0 Å². The molecule has 0 heterocycles. The fraction of sp³-hybridized carbons (Fsp3) is 0.833. The van der Waals surface area contributed by atoms with Gasteiger partial charge in [0.1, 0.15) is 0 Å². The third-order valence-electron chi connectivity index (χ3n) is 3.36. The van der Waals surface area contributed by atoms with Crippen molar-refractivity contribution in [2.24, 2.45) is 5.92 Å². The number of carboxylic acids is 1. The number of carboxylic acid groups (broad SMARTS) is 1. The van der Waals surface area contributed by atoms with E-state index in [0.717, 1.165) is 12.8 Å². The van der Waals surface area contributed by atoms with Crippen molar-refractivity contribution in [1.29, 1.82) is 0 Å². The lowest BCUT2D eigenvalue weighted by Gasteiger charge is -2.18. The summed E-state index contributed by atoms with van der Waals surface area (Å²) in [5, 5.41) is 11.8. The molecule has 1 rings (SSSR count). The Labute approximate surface area is 102 Å². The van der Waals surface area contributed by atoms with E-state index in [-0.39, 0.29) is 18.1 Å². The van der Waals surface area contributed by atoms with Crippen LogP contribution in [0.4, 0.5) is 0 Å². The maximum absolute atomic E-state index is 11.6. The number of nitrogens with one attached hydrogen (secondary N) is 1. The van der Waals surface area contributed by atoms with Gasteiger partial charge in [0, 0.05) is 19.6 Å². The highest BCUT2D eigenvalue weighted by atomic mass is 16.5. The van der Waals surface area contributed by atoms with Gasteiger partial charge in [0.05, 0.1) is 12.0 Å². The van der Waals surface area contributed by atoms with Crippen LogP contribution in [-0.4, -0.2) is 36.2 Å². The Kier molecular flexibility index (Phi) is 5.41. The summed E-state index contributed by atoms with van der Waals surface area (Å²) in [5.41, 5.74) is 0. The van der Waals surface area contributed by atoms with Crippen LogP contribution in [0.25, 0.3) is 0 Å². The molecule has 0 bridgehead atoms. The Hall–Kier alpha value is -1.10. The van der Waals surface area contributed by atoms with E-state index in [0.29, 0.717) is 19.3 Å². The van der Waals surface area contributed by atoms with Crippen LogP contribution < -0.4 is 5.32 Å². The molecule has 0 aromatic rings. The molecule has 0 aromatic heterocycles. The highest BCUT2D eigenvalue weighted by Gasteiger charge is 2.33.